The summed E-state index contributed by atoms with van der Waals surface area (Å²) in [5.74, 6) is -0.836. The summed E-state index contributed by atoms with van der Waals surface area (Å²) in [4.78, 5) is 0. The highest BCUT2D eigenvalue weighted by atomic mass is 28.3. The second kappa shape index (κ2) is 10.4. The first-order valence-electron chi connectivity index (χ1n) is 11.8. The van der Waals surface area contributed by atoms with Crippen LogP contribution in [-0.4, -0.2) is 8.80 Å². The standard InChI is InChI=1S/C28H32F2Si/c1-2-17-31-18-15-25(16-19-31)23-9-5-21(6-10-23)3-4-22-7-11-24(12-8-22)26-13-14-27(29)28(30)20-26/h5-14,20,25,31H,2-4,15-19H2,1H3/t25-,31-. The maximum absolute atomic E-state index is 13.5. The van der Waals surface area contributed by atoms with Gasteiger partial charge in [0.1, 0.15) is 0 Å². The molecule has 1 fully saturated rings. The van der Waals surface area contributed by atoms with E-state index in [0.29, 0.717) is 5.56 Å². The fraction of sp³-hybridized carbons (Fsp3) is 0.357. The van der Waals surface area contributed by atoms with Gasteiger partial charge in [-0.15, -0.1) is 0 Å². The molecule has 0 bridgehead atoms. The quantitative estimate of drug-likeness (QED) is 0.331. The Bertz CT molecular complexity index is 971. The van der Waals surface area contributed by atoms with Gasteiger partial charge in [-0.1, -0.05) is 86.1 Å². The average Bonchev–Trinajstić information content (AvgIpc) is 2.81. The molecule has 3 aromatic carbocycles. The van der Waals surface area contributed by atoms with Gasteiger partial charge in [0.25, 0.3) is 0 Å². The Balaban J connectivity index is 1.31. The van der Waals surface area contributed by atoms with Gasteiger partial charge in [-0.3, -0.25) is 0 Å². The second-order valence-corrected chi connectivity index (χ2v) is 12.5. The Hall–Kier alpha value is -2.26. The molecule has 0 saturated carbocycles. The number of halogens is 2. The fourth-order valence-electron chi connectivity index (χ4n) is 4.98. The summed E-state index contributed by atoms with van der Waals surface area (Å²) in [6.07, 6.45) is 6.18. The summed E-state index contributed by atoms with van der Waals surface area (Å²) in [6, 6.07) is 26.1. The Morgan fingerprint density at radius 2 is 1.32 bits per heavy atom. The van der Waals surface area contributed by atoms with Crippen LogP contribution in [0.15, 0.2) is 66.7 Å². The SMILES string of the molecule is CCC[Si@H]1CC[C@H](c2ccc(CCc3ccc(-c4ccc(F)c(F)c4)cc3)cc2)CC1. The molecule has 4 rings (SSSR count). The van der Waals surface area contributed by atoms with E-state index in [1.54, 1.807) is 6.07 Å². The third-order valence-corrected chi connectivity index (χ3v) is 10.6. The van der Waals surface area contributed by atoms with Crippen LogP contribution in [0, 0.1) is 11.6 Å². The first-order chi connectivity index (χ1) is 15.1. The maximum Gasteiger partial charge on any atom is 0.159 e. The predicted octanol–water partition coefficient (Wildman–Crippen LogP) is 7.93. The molecule has 1 heterocycles. The minimum Gasteiger partial charge on any atom is -0.204 e. The molecule has 0 nitrogen and oxygen atoms in total. The molecule has 0 aromatic heterocycles. The van der Waals surface area contributed by atoms with Crippen molar-refractivity contribution in [1.82, 2.24) is 0 Å². The van der Waals surface area contributed by atoms with Crippen molar-refractivity contribution in [3.63, 3.8) is 0 Å². The molecule has 162 valence electrons. The van der Waals surface area contributed by atoms with E-state index in [1.807, 2.05) is 12.1 Å². The van der Waals surface area contributed by atoms with Crippen LogP contribution in [0.4, 0.5) is 8.78 Å². The van der Waals surface area contributed by atoms with Crippen LogP contribution in [-0.2, 0) is 12.8 Å². The molecule has 31 heavy (non-hydrogen) atoms. The number of benzene rings is 3. The third kappa shape index (κ3) is 5.71. The van der Waals surface area contributed by atoms with Gasteiger partial charge in [0.05, 0.1) is 0 Å². The van der Waals surface area contributed by atoms with Gasteiger partial charge < -0.3 is 0 Å². The molecular weight excluding hydrogens is 402 g/mol. The smallest absolute Gasteiger partial charge is 0.159 e. The molecule has 1 aliphatic rings. The normalized spacial score (nSPS) is 18.8. The van der Waals surface area contributed by atoms with Crippen molar-refractivity contribution >= 4 is 8.80 Å². The lowest BCUT2D eigenvalue weighted by molar-refractivity contribution is 0.509. The average molecular weight is 435 g/mol. The molecule has 0 amide bonds. The Labute approximate surface area is 186 Å². The molecule has 0 spiro atoms. The van der Waals surface area contributed by atoms with Crippen molar-refractivity contribution < 1.29 is 8.78 Å². The van der Waals surface area contributed by atoms with E-state index in [2.05, 4.69) is 43.3 Å². The third-order valence-electron chi connectivity index (χ3n) is 6.90. The minimum absolute atomic E-state index is 0.408. The van der Waals surface area contributed by atoms with Gasteiger partial charge >= 0.3 is 0 Å². The summed E-state index contributed by atoms with van der Waals surface area (Å²) in [7, 11) is -0.408. The second-order valence-electron chi connectivity index (χ2n) is 9.07. The molecule has 1 saturated heterocycles. The zero-order valence-electron chi connectivity index (χ0n) is 18.4. The van der Waals surface area contributed by atoms with Crippen molar-refractivity contribution in [2.24, 2.45) is 0 Å². The topological polar surface area (TPSA) is 0 Å². The zero-order chi connectivity index (χ0) is 21.6. The van der Waals surface area contributed by atoms with Crippen molar-refractivity contribution in [2.75, 3.05) is 0 Å². The van der Waals surface area contributed by atoms with Gasteiger partial charge in [0.2, 0.25) is 0 Å². The van der Waals surface area contributed by atoms with Gasteiger partial charge in [0.15, 0.2) is 11.6 Å². The van der Waals surface area contributed by atoms with Gasteiger partial charge in [-0.25, -0.2) is 8.78 Å². The van der Waals surface area contributed by atoms with Crippen LogP contribution in [0.2, 0.25) is 18.1 Å². The summed E-state index contributed by atoms with van der Waals surface area (Å²) in [5.41, 5.74) is 5.77. The minimum atomic E-state index is -0.808. The molecule has 0 atom stereocenters. The fourth-order valence-corrected chi connectivity index (χ4v) is 8.41. The maximum atomic E-state index is 13.5. The summed E-state index contributed by atoms with van der Waals surface area (Å²) in [5, 5.41) is 0. The summed E-state index contributed by atoms with van der Waals surface area (Å²) >= 11 is 0. The van der Waals surface area contributed by atoms with E-state index in [4.69, 9.17) is 0 Å². The Kier molecular flexibility index (Phi) is 7.34. The van der Waals surface area contributed by atoms with E-state index < -0.39 is 20.4 Å². The number of hydrogen-bond acceptors (Lipinski definition) is 0. The summed E-state index contributed by atoms with van der Waals surface area (Å²) in [6.45, 7) is 2.33. The monoisotopic (exact) mass is 434 g/mol. The molecule has 0 aliphatic carbocycles. The highest BCUT2D eigenvalue weighted by Crippen LogP contribution is 2.35. The van der Waals surface area contributed by atoms with E-state index in [9.17, 15) is 8.78 Å². The van der Waals surface area contributed by atoms with Crippen LogP contribution in [0.1, 0.15) is 48.8 Å². The van der Waals surface area contributed by atoms with Crippen LogP contribution in [0.5, 0.6) is 0 Å². The number of aryl methyl sites for hydroxylation is 2. The Morgan fingerprint density at radius 3 is 1.90 bits per heavy atom. The van der Waals surface area contributed by atoms with E-state index >= 15 is 0 Å². The molecule has 0 unspecified atom stereocenters. The van der Waals surface area contributed by atoms with E-state index in [1.165, 1.54) is 66.2 Å². The lowest BCUT2D eigenvalue weighted by Gasteiger charge is -2.27. The van der Waals surface area contributed by atoms with Gasteiger partial charge in [-0.05, 0) is 71.6 Å². The molecule has 1 aliphatic heterocycles. The molecule has 0 radical (unpaired) electrons. The Morgan fingerprint density at radius 1 is 0.742 bits per heavy atom. The lowest BCUT2D eigenvalue weighted by Crippen LogP contribution is -2.20. The van der Waals surface area contributed by atoms with Crippen LogP contribution in [0.25, 0.3) is 11.1 Å². The van der Waals surface area contributed by atoms with Gasteiger partial charge in [0, 0.05) is 8.80 Å². The van der Waals surface area contributed by atoms with Crippen molar-refractivity contribution in [2.45, 2.75) is 63.1 Å². The van der Waals surface area contributed by atoms with Gasteiger partial charge in [-0.2, -0.15) is 0 Å². The van der Waals surface area contributed by atoms with Crippen LogP contribution in [0.3, 0.4) is 0 Å². The van der Waals surface area contributed by atoms with Crippen molar-refractivity contribution in [3.8, 4) is 11.1 Å². The highest BCUT2D eigenvalue weighted by Gasteiger charge is 2.22. The largest absolute Gasteiger partial charge is 0.204 e. The van der Waals surface area contributed by atoms with Crippen LogP contribution >= 0.6 is 0 Å². The number of hydrogen-bond donors (Lipinski definition) is 0. The van der Waals surface area contributed by atoms with Crippen LogP contribution < -0.4 is 0 Å². The highest BCUT2D eigenvalue weighted by molar-refractivity contribution is 6.59. The molecule has 3 aromatic rings. The first kappa shape index (κ1) is 21.9. The molecular formula is C28H32F2Si. The zero-order valence-corrected chi connectivity index (χ0v) is 19.6. The van der Waals surface area contributed by atoms with Crippen molar-refractivity contribution in [1.29, 1.82) is 0 Å². The van der Waals surface area contributed by atoms with E-state index in [-0.39, 0.29) is 0 Å². The lowest BCUT2D eigenvalue weighted by atomic mass is 9.92. The van der Waals surface area contributed by atoms with Crippen molar-refractivity contribution in [3.05, 3.63) is 95.1 Å². The van der Waals surface area contributed by atoms with E-state index in [0.717, 1.165) is 24.3 Å². The molecule has 0 N–H and O–H groups in total. The number of rotatable bonds is 7. The first-order valence-corrected chi connectivity index (χ1v) is 14.2. The summed E-state index contributed by atoms with van der Waals surface area (Å²) < 4.78 is 26.6. The molecule has 3 heteroatoms. The predicted molar refractivity (Wildman–Crippen MR) is 129 cm³/mol.